The highest BCUT2D eigenvalue weighted by Gasteiger charge is 2.22. The smallest absolute Gasteiger partial charge is 0.256 e. The van der Waals surface area contributed by atoms with Gasteiger partial charge in [-0.1, -0.05) is 35.9 Å². The lowest BCUT2D eigenvalue weighted by atomic mass is 10.1. The zero-order chi connectivity index (χ0) is 17.1. The summed E-state index contributed by atoms with van der Waals surface area (Å²) in [5.41, 5.74) is 2.70. The third kappa shape index (κ3) is 3.16. The molecular formula is C18H17ClN4O. The van der Waals surface area contributed by atoms with E-state index >= 15 is 0 Å². The molecule has 1 unspecified atom stereocenters. The van der Waals surface area contributed by atoms with Crippen molar-refractivity contribution in [3.05, 3.63) is 76.8 Å². The molecule has 3 aromatic rings. The number of hydrogen-bond acceptors (Lipinski definition) is 3. The molecule has 2 heterocycles. The minimum atomic E-state index is -0.254. The number of nitrogens with zero attached hydrogens (tertiary/aromatic N) is 3. The van der Waals surface area contributed by atoms with Gasteiger partial charge < -0.3 is 5.32 Å². The first-order valence-corrected chi connectivity index (χ1v) is 7.97. The molecule has 0 spiro atoms. The van der Waals surface area contributed by atoms with E-state index in [1.165, 1.54) is 0 Å². The summed E-state index contributed by atoms with van der Waals surface area (Å²) in [7, 11) is 0. The predicted molar refractivity (Wildman–Crippen MR) is 93.4 cm³/mol. The molecule has 0 bridgehead atoms. The van der Waals surface area contributed by atoms with E-state index < -0.39 is 0 Å². The fourth-order valence-corrected chi connectivity index (χ4v) is 2.84. The third-order valence-electron chi connectivity index (χ3n) is 3.76. The molecule has 5 nitrogen and oxygen atoms in total. The number of benzene rings is 1. The Hall–Kier alpha value is -2.66. The summed E-state index contributed by atoms with van der Waals surface area (Å²) in [5, 5.41) is 7.64. The maximum atomic E-state index is 12.6. The van der Waals surface area contributed by atoms with E-state index in [0.29, 0.717) is 16.4 Å². The van der Waals surface area contributed by atoms with Crippen LogP contribution in [-0.2, 0) is 0 Å². The van der Waals surface area contributed by atoms with Crippen molar-refractivity contribution in [1.29, 1.82) is 0 Å². The third-order valence-corrected chi connectivity index (χ3v) is 4.11. The number of aryl methyl sites for hydroxylation is 1. The lowest BCUT2D eigenvalue weighted by molar-refractivity contribution is 0.0939. The molecule has 0 radical (unpaired) electrons. The second-order valence-corrected chi connectivity index (χ2v) is 5.84. The van der Waals surface area contributed by atoms with Crippen molar-refractivity contribution in [2.24, 2.45) is 0 Å². The van der Waals surface area contributed by atoms with Gasteiger partial charge in [0.25, 0.3) is 5.91 Å². The molecule has 2 aromatic heterocycles. The standard InChI is InChI=1S/C18H17ClN4O/c1-12(14-7-6-10-20-11-14)21-18(24)16-13(2)22-23(17(16)19)15-8-4-3-5-9-15/h3-12H,1-2H3,(H,21,24). The molecule has 0 aliphatic rings. The van der Waals surface area contributed by atoms with E-state index in [1.807, 2.05) is 49.4 Å². The second kappa shape index (κ2) is 6.84. The van der Waals surface area contributed by atoms with Crippen LogP contribution in [0.4, 0.5) is 0 Å². The van der Waals surface area contributed by atoms with E-state index in [9.17, 15) is 4.79 Å². The number of carbonyl (C=O) groups excluding carboxylic acids is 1. The van der Waals surface area contributed by atoms with Crippen LogP contribution in [0.3, 0.4) is 0 Å². The van der Waals surface area contributed by atoms with Gasteiger partial charge in [-0.05, 0) is 37.6 Å². The summed E-state index contributed by atoms with van der Waals surface area (Å²) in [5.74, 6) is -0.254. The number of carbonyl (C=O) groups is 1. The van der Waals surface area contributed by atoms with Gasteiger partial charge in [0.15, 0.2) is 0 Å². The van der Waals surface area contributed by atoms with E-state index in [2.05, 4.69) is 15.4 Å². The van der Waals surface area contributed by atoms with Gasteiger partial charge in [-0.25, -0.2) is 4.68 Å². The molecule has 3 rings (SSSR count). The van der Waals surface area contributed by atoms with Crippen LogP contribution in [0, 0.1) is 6.92 Å². The van der Waals surface area contributed by atoms with Gasteiger partial charge in [-0.3, -0.25) is 9.78 Å². The van der Waals surface area contributed by atoms with Crippen LogP contribution in [0.25, 0.3) is 5.69 Å². The first-order chi connectivity index (χ1) is 11.6. The Morgan fingerprint density at radius 2 is 1.96 bits per heavy atom. The predicted octanol–water partition coefficient (Wildman–Crippen LogP) is 3.72. The van der Waals surface area contributed by atoms with Gasteiger partial charge in [0.1, 0.15) is 5.15 Å². The molecule has 1 aromatic carbocycles. The quantitative estimate of drug-likeness (QED) is 0.787. The molecule has 0 aliphatic heterocycles. The van der Waals surface area contributed by atoms with Crippen LogP contribution >= 0.6 is 11.6 Å². The molecule has 1 N–H and O–H groups in total. The largest absolute Gasteiger partial charge is 0.345 e. The Morgan fingerprint density at radius 1 is 1.21 bits per heavy atom. The Bertz CT molecular complexity index is 846. The minimum Gasteiger partial charge on any atom is -0.345 e. The number of nitrogens with one attached hydrogen (secondary N) is 1. The van der Waals surface area contributed by atoms with Crippen LogP contribution < -0.4 is 5.32 Å². The summed E-state index contributed by atoms with van der Waals surface area (Å²) in [6, 6.07) is 13.1. The highest BCUT2D eigenvalue weighted by molar-refractivity contribution is 6.33. The maximum absolute atomic E-state index is 12.6. The van der Waals surface area contributed by atoms with Crippen LogP contribution in [0.2, 0.25) is 5.15 Å². The zero-order valence-corrected chi connectivity index (χ0v) is 14.2. The molecule has 122 valence electrons. The molecule has 0 saturated heterocycles. The zero-order valence-electron chi connectivity index (χ0n) is 13.4. The van der Waals surface area contributed by atoms with Crippen molar-refractivity contribution in [2.75, 3.05) is 0 Å². The Balaban J connectivity index is 1.87. The van der Waals surface area contributed by atoms with Crippen LogP contribution in [0.5, 0.6) is 0 Å². The summed E-state index contributed by atoms with van der Waals surface area (Å²) < 4.78 is 1.57. The first-order valence-electron chi connectivity index (χ1n) is 7.59. The van der Waals surface area contributed by atoms with Crippen LogP contribution in [-0.4, -0.2) is 20.7 Å². The Kier molecular flexibility index (Phi) is 4.62. The molecular weight excluding hydrogens is 324 g/mol. The van der Waals surface area contributed by atoms with E-state index in [1.54, 1.807) is 24.0 Å². The monoisotopic (exact) mass is 340 g/mol. The summed E-state index contributed by atoms with van der Waals surface area (Å²) >= 11 is 6.42. The molecule has 0 fully saturated rings. The van der Waals surface area contributed by atoms with Gasteiger partial charge in [0.2, 0.25) is 0 Å². The Labute approximate surface area is 145 Å². The fraction of sp³-hybridized carbons (Fsp3) is 0.167. The minimum absolute atomic E-state index is 0.179. The highest BCUT2D eigenvalue weighted by atomic mass is 35.5. The summed E-state index contributed by atoms with van der Waals surface area (Å²) in [6.07, 6.45) is 3.43. The number of halogens is 1. The number of aromatic nitrogens is 3. The normalized spacial score (nSPS) is 12.0. The second-order valence-electron chi connectivity index (χ2n) is 5.48. The van der Waals surface area contributed by atoms with Crippen LogP contribution in [0.15, 0.2) is 54.9 Å². The summed E-state index contributed by atoms with van der Waals surface area (Å²) in [4.78, 5) is 16.7. The summed E-state index contributed by atoms with van der Waals surface area (Å²) in [6.45, 7) is 3.68. The van der Waals surface area contributed by atoms with Crippen molar-refractivity contribution in [3.63, 3.8) is 0 Å². The van der Waals surface area contributed by atoms with Gasteiger partial charge in [0, 0.05) is 12.4 Å². The molecule has 6 heteroatoms. The topological polar surface area (TPSA) is 59.8 Å². The number of amides is 1. The average molecular weight is 341 g/mol. The number of hydrogen-bond donors (Lipinski definition) is 1. The molecule has 1 amide bonds. The lowest BCUT2D eigenvalue weighted by Crippen LogP contribution is -2.27. The van der Waals surface area contributed by atoms with Gasteiger partial charge in [-0.15, -0.1) is 0 Å². The number of rotatable bonds is 4. The van der Waals surface area contributed by atoms with Crippen molar-refractivity contribution in [3.8, 4) is 5.69 Å². The fourth-order valence-electron chi connectivity index (χ4n) is 2.48. The maximum Gasteiger partial charge on any atom is 0.256 e. The molecule has 1 atom stereocenters. The first kappa shape index (κ1) is 16.2. The highest BCUT2D eigenvalue weighted by Crippen LogP contribution is 2.24. The molecule has 0 saturated carbocycles. The molecule has 0 aliphatic carbocycles. The Morgan fingerprint density at radius 3 is 2.62 bits per heavy atom. The SMILES string of the molecule is Cc1nn(-c2ccccc2)c(Cl)c1C(=O)NC(C)c1cccnc1. The molecule has 24 heavy (non-hydrogen) atoms. The number of para-hydroxylation sites is 1. The van der Waals surface area contributed by atoms with Crippen molar-refractivity contribution >= 4 is 17.5 Å². The lowest BCUT2D eigenvalue weighted by Gasteiger charge is -2.13. The van der Waals surface area contributed by atoms with Crippen LogP contribution in [0.1, 0.15) is 34.6 Å². The van der Waals surface area contributed by atoms with E-state index in [4.69, 9.17) is 11.6 Å². The van der Waals surface area contributed by atoms with Gasteiger partial charge in [0.05, 0.1) is 23.0 Å². The van der Waals surface area contributed by atoms with E-state index in [0.717, 1.165) is 11.3 Å². The van der Waals surface area contributed by atoms with E-state index in [-0.39, 0.29) is 11.9 Å². The average Bonchev–Trinajstić information content (AvgIpc) is 2.91. The van der Waals surface area contributed by atoms with Gasteiger partial charge in [-0.2, -0.15) is 5.10 Å². The van der Waals surface area contributed by atoms with Crippen molar-refractivity contribution in [2.45, 2.75) is 19.9 Å². The number of pyridine rings is 1. The van der Waals surface area contributed by atoms with Gasteiger partial charge >= 0.3 is 0 Å². The van der Waals surface area contributed by atoms with Crippen molar-refractivity contribution < 1.29 is 4.79 Å². The van der Waals surface area contributed by atoms with Crippen molar-refractivity contribution in [1.82, 2.24) is 20.1 Å².